The number of rotatable bonds is 7. The van der Waals surface area contributed by atoms with E-state index in [4.69, 9.17) is 9.47 Å². The van der Waals surface area contributed by atoms with Gasteiger partial charge >= 0.3 is 5.97 Å². The molecule has 178 valence electrons. The molecule has 4 rings (SSSR count). The number of aryl methyl sites for hydroxylation is 1. The number of nitrogens with one attached hydrogen (secondary N) is 1. The molecule has 7 heteroatoms. The van der Waals surface area contributed by atoms with Gasteiger partial charge in [0.05, 0.1) is 18.8 Å². The molecule has 1 unspecified atom stereocenters. The molecule has 0 saturated carbocycles. The average Bonchev–Trinajstić information content (AvgIpc) is 3.14. The molecule has 1 aliphatic heterocycles. The first-order valence-corrected chi connectivity index (χ1v) is 11.6. The smallest absolute Gasteiger partial charge is 0.340 e. The second kappa shape index (κ2) is 10.6. The standard InChI is InChI=1S/C27H31N3O4/c1-19-17-25(20(2)30(19)18-22-7-5-4-6-8-22)27(32)34-21(3)26(31)28-23-9-11-24(12-10-23)29-13-15-33-16-14-29/h4-12,17,21H,13-16,18H2,1-3H3,(H,28,31). The van der Waals surface area contributed by atoms with Crippen LogP contribution in [0.1, 0.15) is 34.2 Å². The van der Waals surface area contributed by atoms with Gasteiger partial charge in [-0.1, -0.05) is 30.3 Å². The quantitative estimate of drug-likeness (QED) is 0.535. The third-order valence-electron chi connectivity index (χ3n) is 6.14. The van der Waals surface area contributed by atoms with Crippen LogP contribution in [-0.2, 0) is 20.8 Å². The number of benzene rings is 2. The zero-order valence-corrected chi connectivity index (χ0v) is 19.9. The normalized spacial score (nSPS) is 14.5. The maximum absolute atomic E-state index is 12.8. The lowest BCUT2D eigenvalue weighted by Gasteiger charge is -2.28. The number of anilines is 2. The molecule has 7 nitrogen and oxygen atoms in total. The highest BCUT2D eigenvalue weighted by Gasteiger charge is 2.23. The average molecular weight is 462 g/mol. The van der Waals surface area contributed by atoms with Crippen LogP contribution >= 0.6 is 0 Å². The number of nitrogens with zero attached hydrogens (tertiary/aromatic N) is 2. The van der Waals surface area contributed by atoms with Crippen LogP contribution in [-0.4, -0.2) is 48.9 Å². The first-order chi connectivity index (χ1) is 16.4. The Kier molecular flexibility index (Phi) is 7.33. The molecule has 1 atom stereocenters. The monoisotopic (exact) mass is 461 g/mol. The van der Waals surface area contributed by atoms with Crippen LogP contribution < -0.4 is 10.2 Å². The fourth-order valence-corrected chi connectivity index (χ4v) is 4.12. The predicted molar refractivity (Wildman–Crippen MR) is 132 cm³/mol. The first-order valence-electron chi connectivity index (χ1n) is 11.6. The Hall–Kier alpha value is -3.58. The Morgan fingerprint density at radius 2 is 1.71 bits per heavy atom. The lowest BCUT2D eigenvalue weighted by Crippen LogP contribution is -2.36. The Labute approximate surface area is 200 Å². The van der Waals surface area contributed by atoms with Crippen molar-refractivity contribution < 1.29 is 19.1 Å². The second-order valence-corrected chi connectivity index (χ2v) is 8.54. The lowest BCUT2D eigenvalue weighted by molar-refractivity contribution is -0.123. The summed E-state index contributed by atoms with van der Waals surface area (Å²) in [6.45, 7) is 9.25. The van der Waals surface area contributed by atoms with Crippen LogP contribution in [0.5, 0.6) is 0 Å². The van der Waals surface area contributed by atoms with E-state index in [1.165, 1.54) is 0 Å². The molecular weight excluding hydrogens is 430 g/mol. The van der Waals surface area contributed by atoms with Crippen molar-refractivity contribution >= 4 is 23.3 Å². The number of carbonyl (C=O) groups excluding carboxylic acids is 2. The topological polar surface area (TPSA) is 72.8 Å². The molecule has 2 aromatic carbocycles. The Balaban J connectivity index is 1.36. The summed E-state index contributed by atoms with van der Waals surface area (Å²) in [5.74, 6) is -0.872. The van der Waals surface area contributed by atoms with Crippen molar-refractivity contribution in [1.29, 1.82) is 0 Å². The van der Waals surface area contributed by atoms with Crippen LogP contribution in [0.25, 0.3) is 0 Å². The molecule has 1 N–H and O–H groups in total. The highest BCUT2D eigenvalue weighted by Crippen LogP contribution is 2.21. The molecule has 1 saturated heterocycles. The minimum absolute atomic E-state index is 0.370. The molecule has 1 aromatic heterocycles. The van der Waals surface area contributed by atoms with Crippen molar-refractivity contribution in [1.82, 2.24) is 4.57 Å². The lowest BCUT2D eigenvalue weighted by atomic mass is 10.2. The summed E-state index contributed by atoms with van der Waals surface area (Å²) in [4.78, 5) is 27.7. The molecule has 2 heterocycles. The minimum atomic E-state index is -0.927. The van der Waals surface area contributed by atoms with E-state index < -0.39 is 12.1 Å². The van der Waals surface area contributed by atoms with E-state index in [0.717, 1.165) is 48.9 Å². The van der Waals surface area contributed by atoms with E-state index in [0.29, 0.717) is 17.8 Å². The summed E-state index contributed by atoms with van der Waals surface area (Å²) in [5, 5.41) is 2.83. The van der Waals surface area contributed by atoms with Gasteiger partial charge in [-0.15, -0.1) is 0 Å². The van der Waals surface area contributed by atoms with Crippen molar-refractivity contribution in [2.75, 3.05) is 36.5 Å². The minimum Gasteiger partial charge on any atom is -0.449 e. The Morgan fingerprint density at radius 1 is 1.03 bits per heavy atom. The number of carbonyl (C=O) groups is 2. The number of amides is 1. The molecule has 0 aliphatic carbocycles. The molecule has 0 radical (unpaired) electrons. The van der Waals surface area contributed by atoms with Gasteiger partial charge in [-0.05, 0) is 56.7 Å². The zero-order chi connectivity index (χ0) is 24.1. The van der Waals surface area contributed by atoms with Gasteiger partial charge in [0.15, 0.2) is 6.10 Å². The first kappa shape index (κ1) is 23.6. The molecule has 0 spiro atoms. The number of morpholine rings is 1. The van der Waals surface area contributed by atoms with Crippen LogP contribution in [0.4, 0.5) is 11.4 Å². The largest absolute Gasteiger partial charge is 0.449 e. The van der Waals surface area contributed by atoms with Crippen LogP contribution in [0.3, 0.4) is 0 Å². The van der Waals surface area contributed by atoms with Gasteiger partial charge < -0.3 is 24.3 Å². The van der Waals surface area contributed by atoms with Gasteiger partial charge in [0, 0.05) is 42.4 Å². The molecule has 1 amide bonds. The predicted octanol–water partition coefficient (Wildman–Crippen LogP) is 4.17. The highest BCUT2D eigenvalue weighted by molar-refractivity contribution is 5.98. The molecule has 3 aromatic rings. The maximum Gasteiger partial charge on any atom is 0.340 e. The van der Waals surface area contributed by atoms with Crippen molar-refractivity contribution in [2.24, 2.45) is 0 Å². The van der Waals surface area contributed by atoms with Gasteiger partial charge in [-0.25, -0.2) is 4.79 Å². The maximum atomic E-state index is 12.8. The number of aromatic nitrogens is 1. The fourth-order valence-electron chi connectivity index (χ4n) is 4.12. The highest BCUT2D eigenvalue weighted by atomic mass is 16.5. The van der Waals surface area contributed by atoms with Crippen molar-refractivity contribution in [2.45, 2.75) is 33.4 Å². The Morgan fingerprint density at radius 3 is 2.38 bits per heavy atom. The number of esters is 1. The molecule has 0 bridgehead atoms. The summed E-state index contributed by atoms with van der Waals surface area (Å²) in [6.07, 6.45) is -0.927. The zero-order valence-electron chi connectivity index (χ0n) is 19.9. The third kappa shape index (κ3) is 5.48. The molecule has 1 aliphatic rings. The molecule has 1 fully saturated rings. The van der Waals surface area contributed by atoms with Crippen molar-refractivity contribution in [3.05, 3.63) is 83.2 Å². The summed E-state index contributed by atoms with van der Waals surface area (Å²) in [6, 6.07) is 19.5. The van der Waals surface area contributed by atoms with E-state index in [1.807, 2.05) is 62.4 Å². The third-order valence-corrected chi connectivity index (χ3v) is 6.14. The van der Waals surface area contributed by atoms with Gasteiger partial charge in [0.1, 0.15) is 0 Å². The summed E-state index contributed by atoms with van der Waals surface area (Å²) in [5.41, 5.74) is 5.15. The molecule has 34 heavy (non-hydrogen) atoms. The SMILES string of the molecule is Cc1cc(C(=O)OC(C)C(=O)Nc2ccc(N3CCOCC3)cc2)c(C)n1Cc1ccccc1. The van der Waals surface area contributed by atoms with E-state index in [1.54, 1.807) is 6.92 Å². The van der Waals surface area contributed by atoms with Gasteiger partial charge in [0.2, 0.25) is 0 Å². The Bertz CT molecular complexity index is 1130. The number of ether oxygens (including phenoxy) is 2. The molecular formula is C27H31N3O4. The van der Waals surface area contributed by atoms with Crippen LogP contribution in [0.15, 0.2) is 60.7 Å². The van der Waals surface area contributed by atoms with Crippen molar-refractivity contribution in [3.8, 4) is 0 Å². The van der Waals surface area contributed by atoms with E-state index in [-0.39, 0.29) is 5.91 Å². The van der Waals surface area contributed by atoms with E-state index in [9.17, 15) is 9.59 Å². The van der Waals surface area contributed by atoms with Gasteiger partial charge in [-0.3, -0.25) is 4.79 Å². The fraction of sp³-hybridized carbons (Fsp3) is 0.333. The van der Waals surface area contributed by atoms with Crippen LogP contribution in [0.2, 0.25) is 0 Å². The van der Waals surface area contributed by atoms with E-state index in [2.05, 4.69) is 26.9 Å². The van der Waals surface area contributed by atoms with E-state index >= 15 is 0 Å². The summed E-state index contributed by atoms with van der Waals surface area (Å²) >= 11 is 0. The summed E-state index contributed by atoms with van der Waals surface area (Å²) < 4.78 is 13.0. The number of hydrogen-bond donors (Lipinski definition) is 1. The summed E-state index contributed by atoms with van der Waals surface area (Å²) in [7, 11) is 0. The van der Waals surface area contributed by atoms with Gasteiger partial charge in [0.25, 0.3) is 5.91 Å². The second-order valence-electron chi connectivity index (χ2n) is 8.54. The van der Waals surface area contributed by atoms with Crippen molar-refractivity contribution in [3.63, 3.8) is 0 Å². The number of hydrogen-bond acceptors (Lipinski definition) is 5. The van der Waals surface area contributed by atoms with Gasteiger partial charge in [-0.2, -0.15) is 0 Å². The van der Waals surface area contributed by atoms with Crippen LogP contribution in [0, 0.1) is 13.8 Å².